The van der Waals surface area contributed by atoms with Gasteiger partial charge in [-0.3, -0.25) is 4.98 Å². The number of piperidine rings is 1. The van der Waals surface area contributed by atoms with Crippen LogP contribution in [-0.2, 0) is 4.74 Å². The standard InChI is InChI=1S/C18H24FN5O2/c1-18(2,3)26-17(25)23-8-5-16(15(19)12-23)22-13-9-14(11-20-10-13)24-7-4-6-21-24/h4,6-7,9-11,15-16,22H,5,8,12H2,1-3H3/t15-,16?/m1/s1. The molecule has 1 aliphatic rings. The zero-order valence-electron chi connectivity index (χ0n) is 15.2. The smallest absolute Gasteiger partial charge is 0.410 e. The average molecular weight is 361 g/mol. The fourth-order valence-corrected chi connectivity index (χ4v) is 2.83. The highest BCUT2D eigenvalue weighted by molar-refractivity contribution is 5.68. The number of nitrogens with zero attached hydrogens (tertiary/aromatic N) is 4. The number of aromatic nitrogens is 3. The van der Waals surface area contributed by atoms with Gasteiger partial charge < -0.3 is 15.0 Å². The number of amides is 1. The van der Waals surface area contributed by atoms with Crippen LogP contribution < -0.4 is 5.32 Å². The van der Waals surface area contributed by atoms with Gasteiger partial charge in [-0.05, 0) is 39.3 Å². The lowest BCUT2D eigenvalue weighted by atomic mass is 10.0. The van der Waals surface area contributed by atoms with Crippen LogP contribution in [0.1, 0.15) is 27.2 Å². The van der Waals surface area contributed by atoms with Gasteiger partial charge in [0.25, 0.3) is 0 Å². The van der Waals surface area contributed by atoms with Crippen LogP contribution in [0, 0.1) is 0 Å². The minimum atomic E-state index is -1.19. The van der Waals surface area contributed by atoms with Crippen LogP contribution >= 0.6 is 0 Å². The van der Waals surface area contributed by atoms with E-state index in [9.17, 15) is 9.18 Å². The van der Waals surface area contributed by atoms with E-state index in [4.69, 9.17) is 4.74 Å². The number of hydrogen-bond acceptors (Lipinski definition) is 5. The number of halogens is 1. The highest BCUT2D eigenvalue weighted by Gasteiger charge is 2.33. The van der Waals surface area contributed by atoms with E-state index in [0.29, 0.717) is 13.0 Å². The van der Waals surface area contributed by atoms with E-state index in [1.807, 2.05) is 18.3 Å². The molecule has 26 heavy (non-hydrogen) atoms. The third kappa shape index (κ3) is 4.50. The molecule has 2 atom stereocenters. The molecule has 0 aliphatic carbocycles. The third-order valence-electron chi connectivity index (χ3n) is 4.04. The van der Waals surface area contributed by atoms with E-state index in [-0.39, 0.29) is 12.6 Å². The predicted molar refractivity (Wildman–Crippen MR) is 96.1 cm³/mol. The van der Waals surface area contributed by atoms with Gasteiger partial charge in [0.05, 0.1) is 36.4 Å². The van der Waals surface area contributed by atoms with E-state index >= 15 is 0 Å². The van der Waals surface area contributed by atoms with Gasteiger partial charge in [0.2, 0.25) is 0 Å². The Morgan fingerprint density at radius 1 is 1.38 bits per heavy atom. The van der Waals surface area contributed by atoms with Crippen LogP contribution in [0.25, 0.3) is 5.69 Å². The van der Waals surface area contributed by atoms with Crippen LogP contribution in [-0.4, -0.2) is 56.7 Å². The van der Waals surface area contributed by atoms with Crippen molar-refractivity contribution in [2.45, 2.75) is 45.0 Å². The average Bonchev–Trinajstić information content (AvgIpc) is 3.10. The Hall–Kier alpha value is -2.64. The topological polar surface area (TPSA) is 72.3 Å². The Morgan fingerprint density at radius 3 is 2.85 bits per heavy atom. The lowest BCUT2D eigenvalue weighted by Crippen LogP contribution is -2.51. The second kappa shape index (κ2) is 7.31. The maximum atomic E-state index is 14.6. The molecule has 1 saturated heterocycles. The van der Waals surface area contributed by atoms with E-state index in [1.165, 1.54) is 4.90 Å². The summed E-state index contributed by atoms with van der Waals surface area (Å²) >= 11 is 0. The number of likely N-dealkylation sites (tertiary alicyclic amines) is 1. The quantitative estimate of drug-likeness (QED) is 0.910. The first-order chi connectivity index (χ1) is 12.3. The van der Waals surface area contributed by atoms with Crippen molar-refractivity contribution in [1.82, 2.24) is 19.7 Å². The summed E-state index contributed by atoms with van der Waals surface area (Å²) in [4.78, 5) is 17.7. The van der Waals surface area contributed by atoms with Crippen molar-refractivity contribution >= 4 is 11.8 Å². The normalized spacial score (nSPS) is 20.7. The minimum Gasteiger partial charge on any atom is -0.444 e. The van der Waals surface area contributed by atoms with Crippen LogP contribution in [0.5, 0.6) is 0 Å². The minimum absolute atomic E-state index is 0.0128. The van der Waals surface area contributed by atoms with Crippen LogP contribution in [0.4, 0.5) is 14.9 Å². The summed E-state index contributed by atoms with van der Waals surface area (Å²) in [6.07, 6.45) is 5.68. The first-order valence-corrected chi connectivity index (χ1v) is 8.65. The van der Waals surface area contributed by atoms with Gasteiger partial charge in [-0.15, -0.1) is 0 Å². The van der Waals surface area contributed by atoms with Gasteiger partial charge in [-0.1, -0.05) is 0 Å². The summed E-state index contributed by atoms with van der Waals surface area (Å²) in [7, 11) is 0. The zero-order valence-corrected chi connectivity index (χ0v) is 15.2. The molecule has 1 unspecified atom stereocenters. The van der Waals surface area contributed by atoms with Gasteiger partial charge >= 0.3 is 6.09 Å². The predicted octanol–water partition coefficient (Wildman–Crippen LogP) is 3.03. The lowest BCUT2D eigenvalue weighted by Gasteiger charge is -2.36. The number of carbonyl (C=O) groups is 1. The summed E-state index contributed by atoms with van der Waals surface area (Å²) in [6, 6.07) is 3.31. The van der Waals surface area contributed by atoms with Crippen LogP contribution in [0.15, 0.2) is 36.9 Å². The monoisotopic (exact) mass is 361 g/mol. The van der Waals surface area contributed by atoms with Crippen molar-refractivity contribution in [1.29, 1.82) is 0 Å². The van der Waals surface area contributed by atoms with E-state index in [2.05, 4.69) is 15.4 Å². The number of rotatable bonds is 3. The number of ether oxygens (including phenoxy) is 1. The van der Waals surface area contributed by atoms with Crippen molar-refractivity contribution in [3.8, 4) is 5.69 Å². The van der Waals surface area contributed by atoms with Gasteiger partial charge in [0.15, 0.2) is 0 Å². The maximum absolute atomic E-state index is 14.6. The van der Waals surface area contributed by atoms with Crippen molar-refractivity contribution in [3.63, 3.8) is 0 Å². The summed E-state index contributed by atoms with van der Waals surface area (Å²) in [5.41, 5.74) is 0.925. The van der Waals surface area contributed by atoms with Crippen LogP contribution in [0.2, 0.25) is 0 Å². The zero-order chi connectivity index (χ0) is 18.7. The summed E-state index contributed by atoms with van der Waals surface area (Å²) in [6.45, 7) is 5.85. The number of pyridine rings is 1. The molecule has 3 heterocycles. The summed E-state index contributed by atoms with van der Waals surface area (Å²) < 4.78 is 21.6. The third-order valence-corrected chi connectivity index (χ3v) is 4.04. The summed E-state index contributed by atoms with van der Waals surface area (Å²) in [5.74, 6) is 0. The molecule has 1 aliphatic heterocycles. The van der Waals surface area contributed by atoms with Crippen molar-refractivity contribution in [2.24, 2.45) is 0 Å². The largest absolute Gasteiger partial charge is 0.444 e. The van der Waals surface area contributed by atoms with Gasteiger partial charge in [0, 0.05) is 18.9 Å². The Bertz CT molecular complexity index is 744. The number of hydrogen-bond donors (Lipinski definition) is 1. The molecular weight excluding hydrogens is 337 g/mol. The Labute approximate surface area is 152 Å². The van der Waals surface area contributed by atoms with Crippen molar-refractivity contribution < 1.29 is 13.9 Å². The Morgan fingerprint density at radius 2 is 2.19 bits per heavy atom. The lowest BCUT2D eigenvalue weighted by molar-refractivity contribution is 0.0125. The molecule has 1 amide bonds. The first kappa shape index (κ1) is 18.2. The SMILES string of the molecule is CC(C)(C)OC(=O)N1CCC(Nc2cncc(-n3cccn3)c2)[C@H](F)C1. The Kier molecular flexibility index (Phi) is 5.11. The van der Waals surface area contributed by atoms with Crippen molar-refractivity contribution in [3.05, 3.63) is 36.9 Å². The molecule has 0 aromatic carbocycles. The van der Waals surface area contributed by atoms with Crippen molar-refractivity contribution in [2.75, 3.05) is 18.4 Å². The molecule has 0 saturated carbocycles. The number of alkyl halides is 1. The van der Waals surface area contributed by atoms with Gasteiger partial charge in [0.1, 0.15) is 11.8 Å². The molecule has 2 aromatic heterocycles. The summed E-state index contributed by atoms with van der Waals surface area (Å²) in [5, 5.41) is 7.35. The van der Waals surface area contributed by atoms with E-state index in [1.54, 1.807) is 44.0 Å². The fraction of sp³-hybridized carbons (Fsp3) is 0.500. The molecular formula is C18H24FN5O2. The fourth-order valence-electron chi connectivity index (χ4n) is 2.83. The number of anilines is 1. The molecule has 0 bridgehead atoms. The second-order valence-corrected chi connectivity index (χ2v) is 7.36. The van der Waals surface area contributed by atoms with E-state index in [0.717, 1.165) is 11.4 Å². The van der Waals surface area contributed by atoms with Gasteiger partial charge in [-0.25, -0.2) is 13.9 Å². The highest BCUT2D eigenvalue weighted by atomic mass is 19.1. The number of carbonyl (C=O) groups excluding carboxylic acids is 1. The van der Waals surface area contributed by atoms with Crippen LogP contribution in [0.3, 0.4) is 0 Å². The molecule has 3 rings (SSSR count). The highest BCUT2D eigenvalue weighted by Crippen LogP contribution is 2.22. The molecule has 8 heteroatoms. The molecule has 0 spiro atoms. The molecule has 0 radical (unpaired) electrons. The molecule has 1 N–H and O–H groups in total. The Balaban J connectivity index is 1.60. The molecule has 140 valence electrons. The maximum Gasteiger partial charge on any atom is 0.410 e. The van der Waals surface area contributed by atoms with Gasteiger partial charge in [-0.2, -0.15) is 5.10 Å². The van der Waals surface area contributed by atoms with E-state index < -0.39 is 17.9 Å². The molecule has 2 aromatic rings. The molecule has 7 nitrogen and oxygen atoms in total. The first-order valence-electron chi connectivity index (χ1n) is 8.65. The second-order valence-electron chi connectivity index (χ2n) is 7.36. The molecule has 1 fully saturated rings. The number of nitrogens with one attached hydrogen (secondary N) is 1.